The molecule has 0 aliphatic carbocycles. The molecule has 3 aliphatic heterocycles. The zero-order valence-electron chi connectivity index (χ0n) is 30.0. The number of nitrogens with zero attached hydrogens (tertiary/aromatic N) is 1. The number of anilines is 1. The number of esters is 4. The van der Waals surface area contributed by atoms with Gasteiger partial charge >= 0.3 is 23.9 Å². The summed E-state index contributed by atoms with van der Waals surface area (Å²) < 4.78 is 24.8. The van der Waals surface area contributed by atoms with E-state index < -0.39 is 33.5 Å². The number of fused-ring (bicyclic) bond motifs is 3. The van der Waals surface area contributed by atoms with E-state index in [1.54, 1.807) is 35.2 Å². The number of thioether (sulfide) groups is 3. The summed E-state index contributed by atoms with van der Waals surface area (Å²) >= 11 is 2.72. The van der Waals surface area contributed by atoms with E-state index in [1.807, 2.05) is 32.9 Å². The maximum absolute atomic E-state index is 14.8. The van der Waals surface area contributed by atoms with Crippen molar-refractivity contribution in [3.05, 3.63) is 84.3 Å². The smallest absolute Gasteiger partial charge is 0.345 e. The van der Waals surface area contributed by atoms with Gasteiger partial charge in [-0.15, -0.1) is 0 Å². The number of methoxy groups -OCH3 is 4. The summed E-state index contributed by atoms with van der Waals surface area (Å²) in [5, 5.41) is 0. The largest absolute Gasteiger partial charge is 0.494 e. The van der Waals surface area contributed by atoms with Crippen LogP contribution in [-0.4, -0.2) is 74.4 Å². The summed E-state index contributed by atoms with van der Waals surface area (Å²) in [5.41, 5.74) is 1.42. The lowest BCUT2D eigenvalue weighted by Crippen LogP contribution is -2.53. The van der Waals surface area contributed by atoms with Crippen molar-refractivity contribution in [1.29, 1.82) is 0 Å². The van der Waals surface area contributed by atoms with Crippen LogP contribution in [0, 0.1) is 0 Å². The molecule has 11 nitrogen and oxygen atoms in total. The van der Waals surface area contributed by atoms with Crippen LogP contribution in [0.4, 0.5) is 5.69 Å². The number of benzene rings is 2. The number of carbonyl (C=O) groups is 5. The van der Waals surface area contributed by atoms with Crippen LogP contribution >= 0.6 is 35.3 Å². The number of hydrogen-bond acceptors (Lipinski definition) is 13. The van der Waals surface area contributed by atoms with Gasteiger partial charge in [0.1, 0.15) is 24.5 Å². The molecule has 3 aliphatic rings. The van der Waals surface area contributed by atoms with Crippen molar-refractivity contribution < 1.29 is 47.7 Å². The molecule has 1 spiro atoms. The monoisotopic (exact) mass is 753 g/mol. The molecule has 0 fully saturated rings. The minimum Gasteiger partial charge on any atom is -0.494 e. The lowest BCUT2D eigenvalue weighted by molar-refractivity contribution is -0.138. The summed E-state index contributed by atoms with van der Waals surface area (Å²) in [6, 6.07) is 12.7. The second-order valence-electron chi connectivity index (χ2n) is 13.1. The van der Waals surface area contributed by atoms with Crippen LogP contribution in [0.5, 0.6) is 5.75 Å². The normalized spacial score (nSPS) is 17.5. The van der Waals surface area contributed by atoms with E-state index in [0.717, 1.165) is 40.8 Å². The first kappa shape index (κ1) is 38.1. The molecule has 0 saturated heterocycles. The van der Waals surface area contributed by atoms with Crippen LogP contribution in [0.15, 0.2) is 67.7 Å². The van der Waals surface area contributed by atoms with E-state index in [4.69, 9.17) is 23.7 Å². The Hall–Kier alpha value is -4.14. The Balaban J connectivity index is 1.86. The van der Waals surface area contributed by atoms with Gasteiger partial charge in [-0.2, -0.15) is 0 Å². The summed E-state index contributed by atoms with van der Waals surface area (Å²) in [6.45, 7) is 12.1. The number of amides is 1. The summed E-state index contributed by atoms with van der Waals surface area (Å²) in [5.74, 6) is -3.24. The average molecular weight is 754 g/mol. The number of hydrogen-bond donors (Lipinski definition) is 0. The lowest BCUT2D eigenvalue weighted by atomic mass is 9.82. The first-order valence-electron chi connectivity index (χ1n) is 15.9. The molecule has 0 atom stereocenters. The van der Waals surface area contributed by atoms with Crippen LogP contribution in [0.25, 0.3) is 5.57 Å². The summed E-state index contributed by atoms with van der Waals surface area (Å²) in [6.07, 6.45) is 0. The molecule has 0 bridgehead atoms. The minimum absolute atomic E-state index is 0.122. The highest BCUT2D eigenvalue weighted by Gasteiger charge is 2.62. The molecule has 2 aromatic carbocycles. The average Bonchev–Trinajstić information content (AvgIpc) is 3.50. The molecule has 5 rings (SSSR count). The first-order valence-corrected chi connectivity index (χ1v) is 18.3. The molecule has 0 radical (unpaired) electrons. The van der Waals surface area contributed by atoms with Gasteiger partial charge in [0.05, 0.1) is 51.8 Å². The predicted octanol–water partition coefficient (Wildman–Crippen LogP) is 6.61. The van der Waals surface area contributed by atoms with Crippen molar-refractivity contribution >= 4 is 76.3 Å². The number of rotatable bonds is 7. The van der Waals surface area contributed by atoms with Gasteiger partial charge in [-0.3, -0.25) is 9.69 Å². The van der Waals surface area contributed by atoms with Gasteiger partial charge in [-0.25, -0.2) is 19.2 Å². The van der Waals surface area contributed by atoms with Gasteiger partial charge in [-0.1, -0.05) is 68.2 Å². The number of ether oxygens (including phenoxy) is 5. The van der Waals surface area contributed by atoms with E-state index >= 15 is 0 Å². The van der Waals surface area contributed by atoms with Gasteiger partial charge in [0, 0.05) is 27.7 Å². The lowest BCUT2D eigenvalue weighted by Gasteiger charge is -2.50. The molecule has 270 valence electrons. The summed E-state index contributed by atoms with van der Waals surface area (Å²) in [7, 11) is 4.70. The van der Waals surface area contributed by atoms with Crippen molar-refractivity contribution in [2.45, 2.75) is 56.6 Å². The van der Waals surface area contributed by atoms with Gasteiger partial charge in [0.25, 0.3) is 5.91 Å². The fourth-order valence-electron chi connectivity index (χ4n) is 6.16. The Kier molecular flexibility index (Phi) is 10.5. The van der Waals surface area contributed by atoms with Gasteiger partial charge in [0.2, 0.25) is 0 Å². The second kappa shape index (κ2) is 14.1. The van der Waals surface area contributed by atoms with Crippen LogP contribution in [-0.2, 0) is 43.5 Å². The van der Waals surface area contributed by atoms with Gasteiger partial charge in [-0.05, 0) is 56.0 Å². The SMILES string of the molecule is CCOc1ccc2c(c1)N(C(=O)c1ccc(C(C)(C)C)cc1)C(C)(C)C1=C2C2(SC(C(=O)OC)=C(C(=O)OC)S2)C(C(=O)OC)=C(C(=O)OC)S1. The van der Waals surface area contributed by atoms with Crippen molar-refractivity contribution in [2.75, 3.05) is 39.9 Å². The topological polar surface area (TPSA) is 135 Å². The maximum atomic E-state index is 14.8. The molecule has 3 heterocycles. The molecule has 0 unspecified atom stereocenters. The molecule has 0 N–H and O–H groups in total. The Bertz CT molecular complexity index is 1910. The standard InChI is InChI=1S/C37H39NO10S3/c1-11-48-21-16-17-22-23(18-21)38(30(39)19-12-14-20(15-13-19)35(2,3)4)36(5,6)29-24(22)37(25(31(40)44-7)26(49-29)32(41)45-8)50-27(33(42)46-9)28(51-37)34(43)47-10/h12-18H,11H2,1-10H3. The van der Waals surface area contributed by atoms with Crippen LogP contribution in [0.3, 0.4) is 0 Å². The Morgan fingerprint density at radius 1 is 0.745 bits per heavy atom. The third-order valence-electron chi connectivity index (χ3n) is 8.62. The predicted molar refractivity (Wildman–Crippen MR) is 198 cm³/mol. The van der Waals surface area contributed by atoms with Crippen LogP contribution in [0.2, 0.25) is 0 Å². The number of carbonyl (C=O) groups excluding carboxylic acids is 5. The molecule has 1 amide bonds. The molecular weight excluding hydrogens is 715 g/mol. The highest BCUT2D eigenvalue weighted by Crippen LogP contribution is 2.71. The van der Waals surface area contributed by atoms with Crippen molar-refractivity contribution in [2.24, 2.45) is 0 Å². The third-order valence-corrected chi connectivity index (χ3v) is 13.3. The Morgan fingerprint density at radius 2 is 1.27 bits per heavy atom. The van der Waals surface area contributed by atoms with Crippen molar-refractivity contribution in [1.82, 2.24) is 0 Å². The first-order chi connectivity index (χ1) is 24.0. The maximum Gasteiger partial charge on any atom is 0.345 e. The van der Waals surface area contributed by atoms with E-state index in [2.05, 4.69) is 20.8 Å². The van der Waals surface area contributed by atoms with Gasteiger partial charge in [0.15, 0.2) is 0 Å². The van der Waals surface area contributed by atoms with E-state index in [0.29, 0.717) is 39.6 Å². The molecule has 0 aromatic heterocycles. The fourth-order valence-corrected chi connectivity index (χ4v) is 11.2. The molecule has 2 aromatic rings. The van der Waals surface area contributed by atoms with Gasteiger partial charge < -0.3 is 23.7 Å². The van der Waals surface area contributed by atoms with Crippen LogP contribution in [0.1, 0.15) is 63.0 Å². The zero-order chi connectivity index (χ0) is 37.6. The fraction of sp³-hybridized carbons (Fsp3) is 0.378. The highest BCUT2D eigenvalue weighted by atomic mass is 32.2. The second-order valence-corrected chi connectivity index (χ2v) is 16.8. The molecular formula is C37H39NO10S3. The molecule has 0 saturated carbocycles. The van der Waals surface area contributed by atoms with Crippen molar-refractivity contribution in [3.63, 3.8) is 0 Å². The third kappa shape index (κ3) is 6.35. The molecule has 14 heteroatoms. The van der Waals surface area contributed by atoms with E-state index in [-0.39, 0.29) is 31.6 Å². The van der Waals surface area contributed by atoms with Crippen molar-refractivity contribution in [3.8, 4) is 5.75 Å². The van der Waals surface area contributed by atoms with E-state index in [9.17, 15) is 24.0 Å². The van der Waals surface area contributed by atoms with E-state index in [1.165, 1.54) is 28.4 Å². The quantitative estimate of drug-likeness (QED) is 0.222. The Labute approximate surface area is 309 Å². The summed E-state index contributed by atoms with van der Waals surface area (Å²) in [4.78, 5) is 70.7. The highest BCUT2D eigenvalue weighted by molar-refractivity contribution is 8.26. The van der Waals surface area contributed by atoms with Crippen LogP contribution < -0.4 is 9.64 Å². The zero-order valence-corrected chi connectivity index (χ0v) is 32.5. The Morgan fingerprint density at radius 3 is 1.76 bits per heavy atom. The molecule has 51 heavy (non-hydrogen) atoms. The minimum atomic E-state index is -1.69.